The number of nitrogens with zero attached hydrogens (tertiary/aromatic N) is 1. The molecule has 1 amide bonds. The fourth-order valence-corrected chi connectivity index (χ4v) is 3.16. The lowest BCUT2D eigenvalue weighted by atomic mass is 9.78. The highest BCUT2D eigenvalue weighted by atomic mass is 16.5. The second-order valence-corrected chi connectivity index (χ2v) is 6.08. The van der Waals surface area contributed by atoms with Gasteiger partial charge in [0.25, 0.3) is 0 Å². The lowest BCUT2D eigenvalue weighted by Crippen LogP contribution is -2.51. The Kier molecular flexibility index (Phi) is 5.81. The molecular formula is C15H29N3O2. The SMILES string of the molecule is CCN(CCNC(=O)C1(COC)CCNCC1)C1CC1. The van der Waals surface area contributed by atoms with Crippen LogP contribution in [0.1, 0.15) is 32.6 Å². The van der Waals surface area contributed by atoms with Crippen LogP contribution in [0.15, 0.2) is 0 Å². The molecule has 2 aliphatic rings. The monoisotopic (exact) mass is 283 g/mol. The summed E-state index contributed by atoms with van der Waals surface area (Å²) in [4.78, 5) is 15.0. The summed E-state index contributed by atoms with van der Waals surface area (Å²) in [5, 5.41) is 6.45. The van der Waals surface area contributed by atoms with Crippen molar-refractivity contribution in [2.24, 2.45) is 5.41 Å². The Labute approximate surface area is 122 Å². The van der Waals surface area contributed by atoms with Crippen molar-refractivity contribution in [3.8, 4) is 0 Å². The van der Waals surface area contributed by atoms with Crippen LogP contribution in [-0.4, -0.2) is 63.3 Å². The molecule has 0 radical (unpaired) electrons. The Balaban J connectivity index is 1.78. The molecule has 0 aromatic rings. The molecule has 2 fully saturated rings. The van der Waals surface area contributed by atoms with Crippen LogP contribution >= 0.6 is 0 Å². The molecule has 1 aliphatic heterocycles. The highest BCUT2D eigenvalue weighted by molar-refractivity contribution is 5.83. The first kappa shape index (κ1) is 15.7. The molecule has 0 aromatic heterocycles. The average molecular weight is 283 g/mol. The van der Waals surface area contributed by atoms with Gasteiger partial charge in [-0.2, -0.15) is 0 Å². The number of hydrogen-bond acceptors (Lipinski definition) is 4. The number of hydrogen-bond donors (Lipinski definition) is 2. The number of ether oxygens (including phenoxy) is 1. The number of likely N-dealkylation sites (N-methyl/N-ethyl adjacent to an activating group) is 1. The van der Waals surface area contributed by atoms with E-state index in [0.29, 0.717) is 6.61 Å². The van der Waals surface area contributed by atoms with Gasteiger partial charge in [-0.1, -0.05) is 6.92 Å². The first-order valence-corrected chi connectivity index (χ1v) is 7.94. The van der Waals surface area contributed by atoms with Gasteiger partial charge in [0.05, 0.1) is 12.0 Å². The maximum Gasteiger partial charge on any atom is 0.228 e. The summed E-state index contributed by atoms with van der Waals surface area (Å²) >= 11 is 0. The summed E-state index contributed by atoms with van der Waals surface area (Å²) in [6.07, 6.45) is 4.38. The van der Waals surface area contributed by atoms with Crippen LogP contribution in [0.4, 0.5) is 0 Å². The Bertz CT molecular complexity index is 307. The van der Waals surface area contributed by atoms with Crippen molar-refractivity contribution >= 4 is 5.91 Å². The van der Waals surface area contributed by atoms with Gasteiger partial charge in [0.2, 0.25) is 5.91 Å². The number of carbonyl (C=O) groups excluding carboxylic acids is 1. The predicted molar refractivity (Wildman–Crippen MR) is 79.7 cm³/mol. The molecular weight excluding hydrogens is 254 g/mol. The molecule has 0 spiro atoms. The Morgan fingerprint density at radius 2 is 2.10 bits per heavy atom. The van der Waals surface area contributed by atoms with Crippen LogP contribution in [-0.2, 0) is 9.53 Å². The fourth-order valence-electron chi connectivity index (χ4n) is 3.16. The first-order valence-electron chi connectivity index (χ1n) is 7.94. The topological polar surface area (TPSA) is 53.6 Å². The Morgan fingerprint density at radius 3 is 2.65 bits per heavy atom. The lowest BCUT2D eigenvalue weighted by Gasteiger charge is -2.35. The van der Waals surface area contributed by atoms with Crippen LogP contribution < -0.4 is 10.6 Å². The molecule has 0 bridgehead atoms. The van der Waals surface area contributed by atoms with Crippen molar-refractivity contribution in [2.75, 3.05) is 46.4 Å². The second-order valence-electron chi connectivity index (χ2n) is 6.08. The van der Waals surface area contributed by atoms with Crippen LogP contribution in [0.2, 0.25) is 0 Å². The van der Waals surface area contributed by atoms with Gasteiger partial charge in [-0.3, -0.25) is 9.69 Å². The average Bonchev–Trinajstić information content (AvgIpc) is 3.29. The number of carbonyl (C=O) groups is 1. The van der Waals surface area contributed by atoms with Gasteiger partial charge in [0.15, 0.2) is 0 Å². The smallest absolute Gasteiger partial charge is 0.228 e. The van der Waals surface area contributed by atoms with Crippen LogP contribution in [0, 0.1) is 5.41 Å². The third-order valence-electron chi connectivity index (χ3n) is 4.62. The van der Waals surface area contributed by atoms with Crippen LogP contribution in [0.3, 0.4) is 0 Å². The molecule has 5 nitrogen and oxygen atoms in total. The molecule has 20 heavy (non-hydrogen) atoms. The zero-order chi connectivity index (χ0) is 14.4. The number of rotatable bonds is 8. The van der Waals surface area contributed by atoms with Crippen molar-refractivity contribution < 1.29 is 9.53 Å². The van der Waals surface area contributed by atoms with E-state index >= 15 is 0 Å². The normalized spacial score (nSPS) is 21.9. The van der Waals surface area contributed by atoms with Gasteiger partial charge in [-0.25, -0.2) is 0 Å². The van der Waals surface area contributed by atoms with Crippen LogP contribution in [0.25, 0.3) is 0 Å². The van der Waals surface area contributed by atoms with E-state index in [0.717, 1.165) is 51.6 Å². The minimum atomic E-state index is -0.323. The highest BCUT2D eigenvalue weighted by Crippen LogP contribution is 2.29. The molecule has 1 saturated carbocycles. The Hall–Kier alpha value is -0.650. The molecule has 0 unspecified atom stereocenters. The number of piperidine rings is 1. The van der Waals surface area contributed by atoms with Crippen molar-refractivity contribution in [3.05, 3.63) is 0 Å². The summed E-state index contributed by atoms with van der Waals surface area (Å²) in [7, 11) is 1.68. The summed E-state index contributed by atoms with van der Waals surface area (Å²) < 4.78 is 5.30. The summed E-state index contributed by atoms with van der Waals surface area (Å²) in [6.45, 7) is 7.32. The predicted octanol–water partition coefficient (Wildman–Crippen LogP) is 0.603. The van der Waals surface area contributed by atoms with E-state index in [1.807, 2.05) is 0 Å². The van der Waals surface area contributed by atoms with Gasteiger partial charge in [0.1, 0.15) is 0 Å². The van der Waals surface area contributed by atoms with E-state index in [4.69, 9.17) is 4.74 Å². The maximum atomic E-state index is 12.5. The zero-order valence-corrected chi connectivity index (χ0v) is 12.9. The minimum Gasteiger partial charge on any atom is -0.384 e. The quantitative estimate of drug-likeness (QED) is 0.685. The van der Waals surface area contributed by atoms with E-state index < -0.39 is 0 Å². The third kappa shape index (κ3) is 3.93. The van der Waals surface area contributed by atoms with E-state index in [9.17, 15) is 4.79 Å². The van der Waals surface area contributed by atoms with Gasteiger partial charge in [-0.15, -0.1) is 0 Å². The third-order valence-corrected chi connectivity index (χ3v) is 4.62. The van der Waals surface area contributed by atoms with E-state index in [1.165, 1.54) is 12.8 Å². The molecule has 0 aromatic carbocycles. The second kappa shape index (κ2) is 7.38. The van der Waals surface area contributed by atoms with Gasteiger partial charge >= 0.3 is 0 Å². The van der Waals surface area contributed by atoms with E-state index in [2.05, 4.69) is 22.5 Å². The molecule has 2 N–H and O–H groups in total. The molecule has 5 heteroatoms. The zero-order valence-electron chi connectivity index (χ0n) is 12.9. The standard InChI is InChI=1S/C15H29N3O2/c1-3-18(13-4-5-13)11-10-17-14(19)15(12-20-2)6-8-16-9-7-15/h13,16H,3-12H2,1-2H3,(H,17,19). The van der Waals surface area contributed by atoms with Crippen molar-refractivity contribution in [1.82, 2.24) is 15.5 Å². The molecule has 1 heterocycles. The highest BCUT2D eigenvalue weighted by Gasteiger charge is 2.39. The number of nitrogens with one attached hydrogen (secondary N) is 2. The summed E-state index contributed by atoms with van der Waals surface area (Å²) in [5.74, 6) is 0.174. The van der Waals surface area contributed by atoms with Gasteiger partial charge in [-0.05, 0) is 45.3 Å². The van der Waals surface area contributed by atoms with Crippen LogP contribution in [0.5, 0.6) is 0 Å². The maximum absolute atomic E-state index is 12.5. The largest absolute Gasteiger partial charge is 0.384 e. The number of methoxy groups -OCH3 is 1. The molecule has 1 aliphatic carbocycles. The van der Waals surface area contributed by atoms with Crippen molar-refractivity contribution in [2.45, 2.75) is 38.6 Å². The molecule has 2 rings (SSSR count). The fraction of sp³-hybridized carbons (Fsp3) is 0.933. The molecule has 1 saturated heterocycles. The minimum absolute atomic E-state index is 0.174. The summed E-state index contributed by atoms with van der Waals surface area (Å²) in [6, 6.07) is 0.767. The van der Waals surface area contributed by atoms with Crippen molar-refractivity contribution in [1.29, 1.82) is 0 Å². The first-order chi connectivity index (χ1) is 9.72. The van der Waals surface area contributed by atoms with E-state index in [1.54, 1.807) is 7.11 Å². The van der Waals surface area contributed by atoms with Gasteiger partial charge < -0.3 is 15.4 Å². The van der Waals surface area contributed by atoms with E-state index in [-0.39, 0.29) is 11.3 Å². The lowest BCUT2D eigenvalue weighted by molar-refractivity contribution is -0.136. The summed E-state index contributed by atoms with van der Waals surface area (Å²) in [5.41, 5.74) is -0.323. The Morgan fingerprint density at radius 1 is 1.40 bits per heavy atom. The van der Waals surface area contributed by atoms with Gasteiger partial charge in [0, 0.05) is 26.2 Å². The molecule has 116 valence electrons. The number of amides is 1. The van der Waals surface area contributed by atoms with Crippen molar-refractivity contribution in [3.63, 3.8) is 0 Å². The molecule has 0 atom stereocenters.